The summed E-state index contributed by atoms with van der Waals surface area (Å²) in [5.41, 5.74) is 12.0. The summed E-state index contributed by atoms with van der Waals surface area (Å²) in [5, 5.41) is 44.5. The van der Waals surface area contributed by atoms with E-state index in [0.717, 1.165) is 0 Å². The van der Waals surface area contributed by atoms with Crippen molar-refractivity contribution in [3.8, 4) is 0 Å². The minimum atomic E-state index is -1.41. The van der Waals surface area contributed by atoms with Crippen LogP contribution in [0.4, 0.5) is 0 Å². The maximum Gasteiger partial charge on any atom is 0.307 e. The number of carboxylic acids is 3. The van der Waals surface area contributed by atoms with Gasteiger partial charge in [0.1, 0.15) is 11.6 Å². The monoisotopic (exact) mass is 888 g/mol. The highest BCUT2D eigenvalue weighted by Crippen LogP contribution is 2.27. The number of ketones is 4. The first-order valence-electron chi connectivity index (χ1n) is 21.5. The predicted molar refractivity (Wildman–Crippen MR) is 229 cm³/mol. The third kappa shape index (κ3) is 21.5. The van der Waals surface area contributed by atoms with Crippen molar-refractivity contribution in [1.82, 2.24) is 10.6 Å². The van der Waals surface area contributed by atoms with Gasteiger partial charge in [0.25, 0.3) is 0 Å². The second kappa shape index (κ2) is 27.6. The molecule has 0 spiro atoms. The fourth-order valence-corrected chi connectivity index (χ4v) is 7.25. The van der Waals surface area contributed by atoms with Crippen LogP contribution in [-0.4, -0.2) is 103 Å². The number of Topliss-reactive ketones (excluding diaryl/α,β-unsaturated/α-hetero) is 4. The van der Waals surface area contributed by atoms with Crippen molar-refractivity contribution in [3.63, 3.8) is 0 Å². The van der Waals surface area contributed by atoms with Gasteiger partial charge in [-0.3, -0.25) is 47.9 Å². The van der Waals surface area contributed by atoms with Crippen LogP contribution in [0.5, 0.6) is 0 Å². The van der Waals surface area contributed by atoms with Gasteiger partial charge in [0.2, 0.25) is 17.7 Å². The Morgan fingerprint density at radius 2 is 1.17 bits per heavy atom. The minimum Gasteiger partial charge on any atom is -0.481 e. The molecule has 0 aliphatic rings. The van der Waals surface area contributed by atoms with E-state index < -0.39 is 138 Å². The maximum absolute atomic E-state index is 13.7. The Morgan fingerprint density at radius 3 is 1.70 bits per heavy atom. The van der Waals surface area contributed by atoms with Crippen molar-refractivity contribution >= 4 is 58.8 Å². The molecule has 63 heavy (non-hydrogen) atoms. The molecule has 0 saturated heterocycles. The van der Waals surface area contributed by atoms with Crippen LogP contribution in [0.25, 0.3) is 0 Å². The Kier molecular flexibility index (Phi) is 24.4. The molecule has 18 nitrogen and oxygen atoms in total. The quantitative estimate of drug-likeness (QED) is 0.0503. The first-order chi connectivity index (χ1) is 29.3. The number of amides is 3. The Morgan fingerprint density at radius 1 is 0.619 bits per heavy atom. The Balaban J connectivity index is 3.07. The Hall–Kier alpha value is -5.36. The molecule has 0 heterocycles. The van der Waals surface area contributed by atoms with Gasteiger partial charge < -0.3 is 42.5 Å². The topological polar surface area (TPSA) is 328 Å². The molecule has 0 radical (unpaired) electrons. The van der Waals surface area contributed by atoms with Gasteiger partial charge in [0.05, 0.1) is 36.6 Å². The summed E-state index contributed by atoms with van der Waals surface area (Å²) in [6.07, 6.45) is -4.30. The van der Waals surface area contributed by atoms with Crippen LogP contribution >= 0.6 is 0 Å². The molecule has 10 N–H and O–H groups in total. The lowest BCUT2D eigenvalue weighted by Crippen LogP contribution is -2.48. The molecule has 0 fully saturated rings. The summed E-state index contributed by atoms with van der Waals surface area (Å²) in [5.74, 6) is -13.4. The van der Waals surface area contributed by atoms with Gasteiger partial charge in [-0.1, -0.05) is 71.9 Å². The van der Waals surface area contributed by atoms with Crippen LogP contribution < -0.4 is 22.1 Å². The van der Waals surface area contributed by atoms with E-state index in [-0.39, 0.29) is 57.3 Å². The number of rotatable bonds is 33. The SMILES string of the molecule is CC(C)CC(CC(=O)[C@H](CC(N)=O)NC(=O)C(CC(=O)[C@@H](N)CCC(=O)O)C(C)C)[C@@H](O)C[C@@H](C)C(=O)C[C@@H](C)C(=O)N[C@@H](CCC(=O)O)C(=O)CC(Cc1ccccc1)C(=O)O. The average Bonchev–Trinajstić information content (AvgIpc) is 3.18. The van der Waals surface area contributed by atoms with Gasteiger partial charge in [-0.2, -0.15) is 0 Å². The summed E-state index contributed by atoms with van der Waals surface area (Å²) in [7, 11) is 0. The van der Waals surface area contributed by atoms with E-state index >= 15 is 0 Å². The smallest absolute Gasteiger partial charge is 0.307 e. The normalized spacial score (nSPS) is 15.7. The number of aliphatic carboxylic acids is 3. The number of aliphatic hydroxyl groups excluding tert-OH is 1. The third-order valence-corrected chi connectivity index (χ3v) is 11.1. The summed E-state index contributed by atoms with van der Waals surface area (Å²) in [4.78, 5) is 126. The molecular formula is C45H68N4O14. The van der Waals surface area contributed by atoms with Gasteiger partial charge in [-0.05, 0) is 55.4 Å². The fourth-order valence-electron chi connectivity index (χ4n) is 7.25. The largest absolute Gasteiger partial charge is 0.481 e. The van der Waals surface area contributed by atoms with Gasteiger partial charge in [0.15, 0.2) is 11.6 Å². The number of carbonyl (C=O) groups is 10. The zero-order chi connectivity index (χ0) is 48.1. The lowest BCUT2D eigenvalue weighted by Gasteiger charge is -2.29. The number of hydrogen-bond donors (Lipinski definition) is 8. The second-order valence-corrected chi connectivity index (χ2v) is 17.5. The van der Waals surface area contributed by atoms with Crippen molar-refractivity contribution in [3.05, 3.63) is 35.9 Å². The first-order valence-corrected chi connectivity index (χ1v) is 21.5. The lowest BCUT2D eigenvalue weighted by molar-refractivity contribution is -0.144. The zero-order valence-electron chi connectivity index (χ0n) is 37.2. The highest BCUT2D eigenvalue weighted by atomic mass is 16.4. The van der Waals surface area contributed by atoms with E-state index in [0.29, 0.717) is 12.0 Å². The van der Waals surface area contributed by atoms with Crippen LogP contribution in [0.1, 0.15) is 118 Å². The Labute approximate surface area is 368 Å². The molecule has 3 unspecified atom stereocenters. The molecule has 1 aromatic carbocycles. The van der Waals surface area contributed by atoms with Crippen LogP contribution in [-0.2, 0) is 54.4 Å². The molecule has 1 rings (SSSR count). The molecule has 18 heteroatoms. The van der Waals surface area contributed by atoms with Crippen molar-refractivity contribution in [2.45, 2.75) is 143 Å². The van der Waals surface area contributed by atoms with E-state index in [4.69, 9.17) is 16.6 Å². The molecular weight excluding hydrogens is 821 g/mol. The summed E-state index contributed by atoms with van der Waals surface area (Å²) in [6, 6.07) is 4.77. The van der Waals surface area contributed by atoms with E-state index in [1.807, 2.05) is 13.8 Å². The standard InChI is InChI=1S/C45H68N4O14/c1-24(2)16-29(20-39(54)34(23-40(47)55)49-44(61)31(25(3)4)22-37(52)32(46)12-14-41(56)57)36(51)17-26(5)35(50)18-27(6)43(60)48-33(13-15-42(58)59)38(53)21-30(45(62)63)19-28-10-8-7-9-11-28/h7-11,24-27,29-34,36,51H,12-23,46H2,1-6H3,(H2,47,55)(H,48,60)(H,49,61)(H,56,57)(H,58,59)(H,62,63)/t26-,27-,29?,30?,31?,32+,33+,34+,36+/m1/s1. The Bertz CT molecular complexity index is 1750. The number of aliphatic hydroxyl groups is 1. The summed E-state index contributed by atoms with van der Waals surface area (Å²) in [6.45, 7) is 10.0. The van der Waals surface area contributed by atoms with Crippen molar-refractivity contribution in [2.75, 3.05) is 0 Å². The van der Waals surface area contributed by atoms with E-state index in [9.17, 15) is 63.3 Å². The lowest BCUT2D eigenvalue weighted by atomic mass is 9.81. The molecule has 9 atom stereocenters. The maximum atomic E-state index is 13.7. The number of carbonyl (C=O) groups excluding carboxylic acids is 7. The molecule has 0 aliphatic heterocycles. The summed E-state index contributed by atoms with van der Waals surface area (Å²) >= 11 is 0. The minimum absolute atomic E-state index is 0.0324. The van der Waals surface area contributed by atoms with E-state index in [1.165, 1.54) is 6.92 Å². The zero-order valence-corrected chi connectivity index (χ0v) is 37.2. The van der Waals surface area contributed by atoms with Crippen LogP contribution in [0, 0.1) is 41.4 Å². The molecule has 0 aliphatic carbocycles. The second-order valence-electron chi connectivity index (χ2n) is 17.5. The van der Waals surface area contributed by atoms with Crippen molar-refractivity contribution in [2.24, 2.45) is 52.9 Å². The van der Waals surface area contributed by atoms with E-state index in [2.05, 4.69) is 10.6 Å². The van der Waals surface area contributed by atoms with Crippen LogP contribution in [0.15, 0.2) is 30.3 Å². The van der Waals surface area contributed by atoms with Gasteiger partial charge >= 0.3 is 17.9 Å². The predicted octanol–water partition coefficient (Wildman–Crippen LogP) is 2.63. The van der Waals surface area contributed by atoms with E-state index in [1.54, 1.807) is 51.1 Å². The molecule has 1 aromatic rings. The van der Waals surface area contributed by atoms with Crippen LogP contribution in [0.3, 0.4) is 0 Å². The molecule has 352 valence electrons. The van der Waals surface area contributed by atoms with Gasteiger partial charge in [-0.15, -0.1) is 0 Å². The van der Waals surface area contributed by atoms with Crippen molar-refractivity contribution < 1.29 is 68.4 Å². The number of hydrogen-bond acceptors (Lipinski definition) is 12. The molecule has 0 bridgehead atoms. The number of carboxylic acid groups (broad SMARTS) is 3. The number of primary amides is 1. The highest BCUT2D eigenvalue weighted by Gasteiger charge is 2.35. The molecule has 0 aromatic heterocycles. The molecule has 0 saturated carbocycles. The number of nitrogens with one attached hydrogen (secondary N) is 2. The third-order valence-electron chi connectivity index (χ3n) is 11.1. The number of nitrogens with two attached hydrogens (primary N) is 2. The average molecular weight is 889 g/mol. The van der Waals surface area contributed by atoms with Gasteiger partial charge in [0, 0.05) is 56.3 Å². The highest BCUT2D eigenvalue weighted by molar-refractivity contribution is 5.96. The first kappa shape index (κ1) is 55.7. The van der Waals surface area contributed by atoms with Gasteiger partial charge in [-0.25, -0.2) is 0 Å². The van der Waals surface area contributed by atoms with Crippen LogP contribution in [0.2, 0.25) is 0 Å². The summed E-state index contributed by atoms with van der Waals surface area (Å²) < 4.78 is 0. The number of benzene rings is 1. The van der Waals surface area contributed by atoms with Crippen molar-refractivity contribution in [1.29, 1.82) is 0 Å². The fraction of sp³-hybridized carbons (Fsp3) is 0.644. The molecule has 3 amide bonds.